The molecule has 2 N–H and O–H groups in total. The molecule has 126 valence electrons. The smallest absolute Gasteiger partial charge is 0.277 e. The van der Waals surface area contributed by atoms with E-state index in [-0.39, 0.29) is 21.7 Å². The molecule has 0 amide bonds. The Morgan fingerprint density at radius 2 is 1.74 bits per heavy atom. The third-order valence-corrected chi connectivity index (χ3v) is 3.45. The van der Waals surface area contributed by atoms with E-state index in [1.54, 1.807) is 0 Å². The lowest BCUT2D eigenvalue weighted by Gasteiger charge is -2.26. The Morgan fingerprint density at radius 3 is 2.22 bits per heavy atom. The first kappa shape index (κ1) is 17.4. The molecule has 6 nitrogen and oxygen atoms in total. The molecule has 7 heteroatoms. The average Bonchev–Trinajstić information content (AvgIpc) is 2.36. The van der Waals surface area contributed by atoms with Crippen LogP contribution >= 0.6 is 11.6 Å². The number of halogens is 1. The van der Waals surface area contributed by atoms with Crippen LogP contribution in [0.1, 0.15) is 41.5 Å². The van der Waals surface area contributed by atoms with Crippen molar-refractivity contribution >= 4 is 22.4 Å². The van der Waals surface area contributed by atoms with Crippen molar-refractivity contribution in [2.75, 3.05) is 0 Å². The number of ether oxygens (including phenoxy) is 1. The first-order valence-corrected chi connectivity index (χ1v) is 7.57. The fourth-order valence-electron chi connectivity index (χ4n) is 2.12. The minimum Gasteiger partial charge on any atom is -0.504 e. The molecular formula is C16H21ClN2O4. The van der Waals surface area contributed by atoms with Crippen LogP contribution in [0.4, 0.5) is 0 Å². The molecule has 2 aromatic rings. The monoisotopic (exact) mass is 340 g/mol. The zero-order valence-corrected chi connectivity index (χ0v) is 14.8. The van der Waals surface area contributed by atoms with Crippen LogP contribution in [-0.4, -0.2) is 25.6 Å². The minimum absolute atomic E-state index is 0.0612. The third-order valence-electron chi connectivity index (χ3n) is 3.09. The molecular weight excluding hydrogens is 320 g/mol. The number of phenolic OH excluding ortho intramolecular Hbond substituents is 2. The molecule has 0 unspecified atom stereocenters. The lowest BCUT2D eigenvalue weighted by molar-refractivity contribution is 0.120. The van der Waals surface area contributed by atoms with Gasteiger partial charge < -0.3 is 14.9 Å². The molecule has 0 aliphatic rings. The van der Waals surface area contributed by atoms with E-state index < -0.39 is 28.2 Å². The van der Waals surface area contributed by atoms with E-state index >= 15 is 0 Å². The van der Waals surface area contributed by atoms with Gasteiger partial charge in [0.15, 0.2) is 11.5 Å². The summed E-state index contributed by atoms with van der Waals surface area (Å²) in [5, 5.41) is 24.1. The molecule has 0 atom stereocenters. The molecule has 0 aliphatic heterocycles. The summed E-state index contributed by atoms with van der Waals surface area (Å²) >= 11 is 6.10. The van der Waals surface area contributed by atoms with E-state index in [0.717, 1.165) is 0 Å². The third kappa shape index (κ3) is 3.22. The van der Waals surface area contributed by atoms with Crippen LogP contribution in [-0.2, 0) is 5.54 Å². The number of nitrogens with zero attached hydrogens (tertiary/aromatic N) is 2. The van der Waals surface area contributed by atoms with Gasteiger partial charge in [0.2, 0.25) is 5.88 Å². The maximum absolute atomic E-state index is 12.7. The van der Waals surface area contributed by atoms with Crippen molar-refractivity contribution in [1.82, 2.24) is 9.78 Å². The standard InChI is InChI=1S/C16H21ClN2O4/c1-15(2,3)19-14(22)10-8(7-9(20)12(21)11(10)17)13(18-19)23-16(4,5)6/h7,20-21H,1-6H3. The largest absolute Gasteiger partial charge is 0.504 e. The zero-order valence-electron chi connectivity index (χ0n) is 14.1. The van der Waals surface area contributed by atoms with Crippen molar-refractivity contribution in [3.8, 4) is 17.4 Å². The van der Waals surface area contributed by atoms with Gasteiger partial charge in [0.05, 0.1) is 21.3 Å². The van der Waals surface area contributed by atoms with Gasteiger partial charge in [0.1, 0.15) is 5.60 Å². The molecule has 1 aromatic carbocycles. The second-order valence-corrected chi connectivity index (χ2v) is 7.77. The normalized spacial score (nSPS) is 12.7. The van der Waals surface area contributed by atoms with E-state index in [0.29, 0.717) is 0 Å². The highest BCUT2D eigenvalue weighted by Gasteiger charge is 2.26. The molecule has 0 fully saturated rings. The molecule has 1 aromatic heterocycles. The van der Waals surface area contributed by atoms with Crippen LogP contribution < -0.4 is 10.3 Å². The zero-order chi connectivity index (χ0) is 17.7. The highest BCUT2D eigenvalue weighted by Crippen LogP contribution is 2.41. The molecule has 0 aliphatic carbocycles. The topological polar surface area (TPSA) is 84.6 Å². The summed E-state index contributed by atoms with van der Waals surface area (Å²) in [5.74, 6) is -0.806. The lowest BCUT2D eigenvalue weighted by atomic mass is 10.1. The summed E-state index contributed by atoms with van der Waals surface area (Å²) in [6.45, 7) is 11.0. The Kier molecular flexibility index (Phi) is 4.01. The number of fused-ring (bicyclic) bond motifs is 1. The summed E-state index contributed by atoms with van der Waals surface area (Å²) in [7, 11) is 0. The number of hydrogen-bond acceptors (Lipinski definition) is 5. The second-order valence-electron chi connectivity index (χ2n) is 7.39. The lowest BCUT2D eigenvalue weighted by Crippen LogP contribution is -2.37. The van der Waals surface area contributed by atoms with Gasteiger partial charge in [0.25, 0.3) is 5.56 Å². The number of phenols is 2. The van der Waals surface area contributed by atoms with Crippen molar-refractivity contribution in [3.63, 3.8) is 0 Å². The summed E-state index contributed by atoms with van der Waals surface area (Å²) in [5.41, 5.74) is -1.65. The number of aromatic hydroxyl groups is 2. The van der Waals surface area contributed by atoms with E-state index in [2.05, 4.69) is 5.10 Å². The van der Waals surface area contributed by atoms with Gasteiger partial charge in [-0.15, -0.1) is 5.10 Å². The number of rotatable bonds is 1. The van der Waals surface area contributed by atoms with Crippen molar-refractivity contribution in [3.05, 3.63) is 21.4 Å². The van der Waals surface area contributed by atoms with Crippen LogP contribution in [0.5, 0.6) is 17.4 Å². The van der Waals surface area contributed by atoms with Crippen molar-refractivity contribution in [1.29, 1.82) is 0 Å². The predicted molar refractivity (Wildman–Crippen MR) is 89.7 cm³/mol. The Bertz CT molecular complexity index is 829. The van der Waals surface area contributed by atoms with E-state index in [1.807, 2.05) is 41.5 Å². The number of hydrogen-bond donors (Lipinski definition) is 2. The molecule has 0 radical (unpaired) electrons. The van der Waals surface area contributed by atoms with Gasteiger partial charge in [0, 0.05) is 0 Å². The number of aromatic nitrogens is 2. The summed E-state index contributed by atoms with van der Waals surface area (Å²) in [6.07, 6.45) is 0. The van der Waals surface area contributed by atoms with Gasteiger partial charge >= 0.3 is 0 Å². The highest BCUT2D eigenvalue weighted by molar-refractivity contribution is 6.37. The predicted octanol–water partition coefficient (Wildman–Crippen LogP) is 3.39. The Balaban J connectivity index is 3.00. The van der Waals surface area contributed by atoms with Crippen LogP contribution in [0.15, 0.2) is 10.9 Å². The SMILES string of the molecule is CC(C)(C)Oc1nn(C(C)(C)C)c(=O)c2c(Cl)c(O)c(O)cc12. The molecule has 0 saturated heterocycles. The van der Waals surface area contributed by atoms with Crippen LogP contribution in [0.25, 0.3) is 10.8 Å². The maximum Gasteiger partial charge on any atom is 0.277 e. The summed E-state index contributed by atoms with van der Waals surface area (Å²) < 4.78 is 7.10. The van der Waals surface area contributed by atoms with Crippen LogP contribution in [0.3, 0.4) is 0 Å². The van der Waals surface area contributed by atoms with Gasteiger partial charge in [-0.1, -0.05) is 11.6 Å². The van der Waals surface area contributed by atoms with Crippen LogP contribution in [0, 0.1) is 0 Å². The maximum atomic E-state index is 12.7. The highest BCUT2D eigenvalue weighted by atomic mass is 35.5. The number of benzene rings is 1. The molecule has 1 heterocycles. The Morgan fingerprint density at radius 1 is 1.17 bits per heavy atom. The van der Waals surface area contributed by atoms with E-state index in [9.17, 15) is 15.0 Å². The summed E-state index contributed by atoms with van der Waals surface area (Å²) in [4.78, 5) is 12.7. The quantitative estimate of drug-likeness (QED) is 0.777. The Hall–Kier alpha value is -1.95. The fraction of sp³-hybridized carbons (Fsp3) is 0.500. The first-order chi connectivity index (χ1) is 10.3. The van der Waals surface area contributed by atoms with Crippen LogP contribution in [0.2, 0.25) is 5.02 Å². The van der Waals surface area contributed by atoms with E-state index in [1.165, 1.54) is 10.7 Å². The van der Waals surface area contributed by atoms with Gasteiger partial charge in [-0.2, -0.15) is 0 Å². The fourth-order valence-corrected chi connectivity index (χ4v) is 2.40. The van der Waals surface area contributed by atoms with Crippen molar-refractivity contribution < 1.29 is 14.9 Å². The van der Waals surface area contributed by atoms with Crippen molar-refractivity contribution in [2.45, 2.75) is 52.7 Å². The second kappa shape index (κ2) is 5.30. The molecule has 0 bridgehead atoms. The molecule has 23 heavy (non-hydrogen) atoms. The van der Waals surface area contributed by atoms with Crippen molar-refractivity contribution in [2.24, 2.45) is 0 Å². The molecule has 0 saturated carbocycles. The first-order valence-electron chi connectivity index (χ1n) is 7.20. The summed E-state index contributed by atoms with van der Waals surface area (Å²) in [6, 6.07) is 1.24. The molecule has 2 rings (SSSR count). The van der Waals surface area contributed by atoms with Gasteiger partial charge in [-0.25, -0.2) is 4.68 Å². The minimum atomic E-state index is -0.613. The van der Waals surface area contributed by atoms with Gasteiger partial charge in [-0.05, 0) is 47.6 Å². The van der Waals surface area contributed by atoms with E-state index in [4.69, 9.17) is 16.3 Å². The van der Waals surface area contributed by atoms with Gasteiger partial charge in [-0.3, -0.25) is 4.79 Å². The Labute approximate surface area is 139 Å². The average molecular weight is 341 g/mol. The molecule has 0 spiro atoms.